The minimum Gasteiger partial charge on any atom is -0.462 e. The zero-order chi connectivity index (χ0) is 27.5. The highest BCUT2D eigenvalue weighted by molar-refractivity contribution is 5.92. The zero-order valence-corrected chi connectivity index (χ0v) is 21.5. The average Bonchev–Trinajstić information content (AvgIpc) is 2.93. The molecule has 1 saturated heterocycles. The highest BCUT2D eigenvalue weighted by Crippen LogP contribution is 2.30. The number of para-hydroxylation sites is 1. The highest BCUT2D eigenvalue weighted by Gasteiger charge is 2.46. The molecule has 202 valence electrons. The van der Waals surface area contributed by atoms with Gasteiger partial charge in [-0.2, -0.15) is 0 Å². The quantitative estimate of drug-likeness (QED) is 0.243. The van der Waals surface area contributed by atoms with Gasteiger partial charge in [-0.3, -0.25) is 4.79 Å². The Hall–Kier alpha value is -4.09. The molecule has 2 heterocycles. The summed E-state index contributed by atoms with van der Waals surface area (Å²) in [5.74, 6) is 1.14. The standard InChI is InChI=1S/C29H30N4O6/c1-16-10-12-18(13-11-16)27-32-22-9-4-3-8-21(22)28(33-27)31-19-6-5-7-20(14-19)38-29-24(30-17(2)35)26(37)25(36)23(15-34)39-29/h3-14,23-26,29,34,36-37H,15H2,1-2H3,(H,30,35)(H,31,32,33)/t23-,24+,25+,26-,29+/m1/s1. The van der Waals surface area contributed by atoms with E-state index in [1.807, 2.05) is 61.5 Å². The number of rotatable bonds is 7. The van der Waals surface area contributed by atoms with Crippen LogP contribution in [-0.4, -0.2) is 68.4 Å². The van der Waals surface area contributed by atoms with Crippen LogP contribution in [-0.2, 0) is 9.53 Å². The number of amides is 1. The van der Waals surface area contributed by atoms with Crippen molar-refractivity contribution in [2.75, 3.05) is 11.9 Å². The lowest BCUT2D eigenvalue weighted by Crippen LogP contribution is -2.65. The van der Waals surface area contributed by atoms with E-state index in [0.29, 0.717) is 23.1 Å². The molecule has 1 fully saturated rings. The smallest absolute Gasteiger partial charge is 0.223 e. The molecule has 0 aliphatic carbocycles. The topological polar surface area (TPSA) is 146 Å². The second-order valence-electron chi connectivity index (χ2n) is 9.48. The Bertz CT molecular complexity index is 1460. The number of aryl methyl sites for hydroxylation is 1. The molecule has 0 unspecified atom stereocenters. The molecule has 0 bridgehead atoms. The van der Waals surface area contributed by atoms with E-state index in [4.69, 9.17) is 19.4 Å². The van der Waals surface area contributed by atoms with Gasteiger partial charge in [0.05, 0.1) is 12.1 Å². The minimum atomic E-state index is -1.40. The molecule has 5 N–H and O–H groups in total. The Labute approximate surface area is 225 Å². The molecule has 10 heteroatoms. The summed E-state index contributed by atoms with van der Waals surface area (Å²) in [5.41, 5.74) is 3.49. The largest absolute Gasteiger partial charge is 0.462 e. The fraction of sp³-hybridized carbons (Fsp3) is 0.276. The molecule has 0 radical (unpaired) electrons. The maximum Gasteiger partial charge on any atom is 0.223 e. The maximum absolute atomic E-state index is 11.7. The number of hydrogen-bond acceptors (Lipinski definition) is 9. The fourth-order valence-electron chi connectivity index (χ4n) is 4.49. The third-order valence-electron chi connectivity index (χ3n) is 6.51. The van der Waals surface area contributed by atoms with Crippen molar-refractivity contribution in [2.45, 2.75) is 44.5 Å². The fourth-order valence-corrected chi connectivity index (χ4v) is 4.49. The van der Waals surface area contributed by atoms with E-state index >= 15 is 0 Å². The number of ether oxygens (including phenoxy) is 2. The van der Waals surface area contributed by atoms with Gasteiger partial charge in [0.15, 0.2) is 5.82 Å². The van der Waals surface area contributed by atoms with E-state index in [0.717, 1.165) is 22.0 Å². The Morgan fingerprint density at radius 3 is 2.51 bits per heavy atom. The lowest BCUT2D eigenvalue weighted by molar-refractivity contribution is -0.244. The average molecular weight is 531 g/mol. The summed E-state index contributed by atoms with van der Waals surface area (Å²) in [6.07, 6.45) is -5.04. The predicted molar refractivity (Wildman–Crippen MR) is 145 cm³/mol. The molecular weight excluding hydrogens is 500 g/mol. The number of carbonyl (C=O) groups is 1. The summed E-state index contributed by atoms with van der Waals surface area (Å²) in [5, 5.41) is 37.2. The first-order valence-electron chi connectivity index (χ1n) is 12.6. The normalized spacial score (nSPS) is 22.8. The number of benzene rings is 3. The Morgan fingerprint density at radius 2 is 1.77 bits per heavy atom. The van der Waals surface area contributed by atoms with Crippen molar-refractivity contribution in [3.8, 4) is 17.1 Å². The van der Waals surface area contributed by atoms with Gasteiger partial charge in [-0.15, -0.1) is 0 Å². The summed E-state index contributed by atoms with van der Waals surface area (Å²) in [7, 11) is 0. The molecule has 10 nitrogen and oxygen atoms in total. The molecule has 4 aromatic rings. The van der Waals surface area contributed by atoms with Crippen LogP contribution in [0.3, 0.4) is 0 Å². The number of aromatic nitrogens is 2. The van der Waals surface area contributed by atoms with Crippen molar-refractivity contribution in [3.63, 3.8) is 0 Å². The van der Waals surface area contributed by atoms with Gasteiger partial charge in [0.1, 0.15) is 35.9 Å². The maximum atomic E-state index is 11.7. The molecule has 1 aromatic heterocycles. The van der Waals surface area contributed by atoms with Crippen LogP contribution in [0, 0.1) is 6.92 Å². The number of aliphatic hydroxyl groups is 3. The van der Waals surface area contributed by atoms with Crippen LogP contribution in [0.15, 0.2) is 72.8 Å². The van der Waals surface area contributed by atoms with Gasteiger partial charge in [-0.25, -0.2) is 9.97 Å². The SMILES string of the molecule is CC(=O)N[C@@H]1[C@@H](Oc2cccc(Nc3nc(-c4ccc(C)cc4)nc4ccccc34)c2)O[C@H](CO)[C@H](O)[C@@H]1O. The van der Waals surface area contributed by atoms with Crippen molar-refractivity contribution in [1.82, 2.24) is 15.3 Å². The second kappa shape index (κ2) is 11.3. The van der Waals surface area contributed by atoms with E-state index < -0.39 is 43.2 Å². The molecule has 3 aromatic carbocycles. The predicted octanol–water partition coefficient (Wildman–Crippen LogP) is 2.67. The van der Waals surface area contributed by atoms with Gasteiger partial charge in [-0.1, -0.05) is 48.0 Å². The van der Waals surface area contributed by atoms with E-state index in [2.05, 4.69) is 10.6 Å². The summed E-state index contributed by atoms with van der Waals surface area (Å²) in [4.78, 5) is 21.3. The molecule has 0 spiro atoms. The molecule has 1 amide bonds. The van der Waals surface area contributed by atoms with Crippen molar-refractivity contribution in [3.05, 3.63) is 78.4 Å². The van der Waals surface area contributed by atoms with Crippen molar-refractivity contribution < 1.29 is 29.6 Å². The number of anilines is 2. The molecule has 1 aliphatic rings. The number of hydrogen-bond donors (Lipinski definition) is 5. The van der Waals surface area contributed by atoms with Gasteiger partial charge in [-0.05, 0) is 31.2 Å². The van der Waals surface area contributed by atoms with Gasteiger partial charge in [0.25, 0.3) is 0 Å². The molecular formula is C29H30N4O6. The van der Waals surface area contributed by atoms with Crippen molar-refractivity contribution in [2.24, 2.45) is 0 Å². The molecule has 0 saturated carbocycles. The van der Waals surface area contributed by atoms with Crippen LogP contribution in [0.4, 0.5) is 11.5 Å². The first-order valence-corrected chi connectivity index (χ1v) is 12.6. The first-order chi connectivity index (χ1) is 18.8. The highest BCUT2D eigenvalue weighted by atomic mass is 16.7. The lowest BCUT2D eigenvalue weighted by atomic mass is 9.97. The van der Waals surface area contributed by atoms with E-state index in [1.54, 1.807) is 18.2 Å². The van der Waals surface area contributed by atoms with Gasteiger partial charge < -0.3 is 35.4 Å². The number of carbonyl (C=O) groups excluding carboxylic acids is 1. The summed E-state index contributed by atoms with van der Waals surface area (Å²) in [6.45, 7) is 2.78. The van der Waals surface area contributed by atoms with Crippen LogP contribution >= 0.6 is 0 Å². The number of aliphatic hydroxyl groups excluding tert-OH is 3. The Morgan fingerprint density at radius 1 is 1.00 bits per heavy atom. The number of fused-ring (bicyclic) bond motifs is 1. The van der Waals surface area contributed by atoms with Crippen LogP contribution < -0.4 is 15.4 Å². The van der Waals surface area contributed by atoms with E-state index in [-0.39, 0.29) is 0 Å². The van der Waals surface area contributed by atoms with Crippen LogP contribution in [0.5, 0.6) is 5.75 Å². The third kappa shape index (κ3) is 5.84. The number of nitrogens with one attached hydrogen (secondary N) is 2. The Kier molecular flexibility index (Phi) is 7.71. The summed E-state index contributed by atoms with van der Waals surface area (Å²) < 4.78 is 11.7. The zero-order valence-electron chi connectivity index (χ0n) is 21.5. The van der Waals surface area contributed by atoms with Crippen molar-refractivity contribution in [1.29, 1.82) is 0 Å². The van der Waals surface area contributed by atoms with Crippen LogP contribution in [0.2, 0.25) is 0 Å². The second-order valence-corrected chi connectivity index (χ2v) is 9.48. The minimum absolute atomic E-state index is 0.373. The van der Waals surface area contributed by atoms with Gasteiger partial charge in [0, 0.05) is 29.6 Å². The summed E-state index contributed by atoms with van der Waals surface area (Å²) in [6, 6.07) is 21.7. The van der Waals surface area contributed by atoms with Gasteiger partial charge in [0.2, 0.25) is 12.2 Å². The van der Waals surface area contributed by atoms with Gasteiger partial charge >= 0.3 is 0 Å². The molecule has 5 rings (SSSR count). The lowest BCUT2D eigenvalue weighted by Gasteiger charge is -2.42. The van der Waals surface area contributed by atoms with Crippen LogP contribution in [0.1, 0.15) is 12.5 Å². The number of nitrogens with zero attached hydrogens (tertiary/aromatic N) is 2. The molecule has 5 atom stereocenters. The van der Waals surface area contributed by atoms with E-state index in [1.165, 1.54) is 6.92 Å². The molecule has 1 aliphatic heterocycles. The third-order valence-corrected chi connectivity index (χ3v) is 6.51. The Balaban J connectivity index is 1.43. The monoisotopic (exact) mass is 530 g/mol. The first kappa shape index (κ1) is 26.5. The molecule has 39 heavy (non-hydrogen) atoms. The summed E-state index contributed by atoms with van der Waals surface area (Å²) >= 11 is 0. The van der Waals surface area contributed by atoms with Crippen LogP contribution in [0.25, 0.3) is 22.3 Å². The van der Waals surface area contributed by atoms with E-state index in [9.17, 15) is 20.1 Å². The van der Waals surface area contributed by atoms with Crippen molar-refractivity contribution >= 4 is 28.3 Å².